The van der Waals surface area contributed by atoms with Crippen molar-refractivity contribution in [2.75, 3.05) is 5.32 Å². The van der Waals surface area contributed by atoms with E-state index in [2.05, 4.69) is 10.3 Å². The summed E-state index contributed by atoms with van der Waals surface area (Å²) in [4.78, 5) is 38.4. The number of benzene rings is 1. The number of halogens is 1. The molecule has 2 amide bonds. The minimum absolute atomic E-state index is 0.0360. The molecule has 0 aliphatic rings. The number of nitrogens with two attached hydrogens (primary N) is 1. The molecule has 1 atom stereocenters. The summed E-state index contributed by atoms with van der Waals surface area (Å²) in [5.41, 5.74) is 4.55. The molecule has 7 nitrogen and oxygen atoms in total. The fourth-order valence-electron chi connectivity index (χ4n) is 2.18. The average Bonchev–Trinajstić information content (AvgIpc) is 3.06. The molecule has 0 saturated carbocycles. The number of hydrogen-bond donors (Lipinski definition) is 3. The molecule has 0 aliphatic heterocycles. The van der Waals surface area contributed by atoms with Gasteiger partial charge in [0.25, 0.3) is 17.4 Å². The SMILES string of the molecule is NC(=O)c1cc(S(=O)c2ccc(F)cc2)sc1NC(=O)c1ccc[nH]c1=O. The number of pyridine rings is 1. The van der Waals surface area contributed by atoms with Crippen LogP contribution in [0.3, 0.4) is 0 Å². The van der Waals surface area contributed by atoms with Crippen LogP contribution in [-0.4, -0.2) is 21.0 Å². The van der Waals surface area contributed by atoms with Crippen molar-refractivity contribution in [1.29, 1.82) is 0 Å². The Balaban J connectivity index is 1.94. The number of nitrogens with one attached hydrogen (secondary N) is 2. The standard InChI is InChI=1S/C17H12FN3O4S2/c18-9-3-5-10(6-4-9)27(25)13-8-12(14(19)22)17(26-13)21-16(24)11-2-1-7-20-15(11)23/h1-8H,(H2,19,22)(H,20,23)(H,21,24). The molecule has 2 aromatic heterocycles. The maximum absolute atomic E-state index is 13.0. The van der Waals surface area contributed by atoms with E-state index in [1.54, 1.807) is 0 Å². The molecular weight excluding hydrogens is 393 g/mol. The summed E-state index contributed by atoms with van der Waals surface area (Å²) in [5.74, 6) is -2.04. The van der Waals surface area contributed by atoms with Crippen LogP contribution in [-0.2, 0) is 10.8 Å². The summed E-state index contributed by atoms with van der Waals surface area (Å²) in [6.07, 6.45) is 1.38. The Kier molecular flexibility index (Phi) is 5.28. The Morgan fingerprint density at radius 3 is 2.48 bits per heavy atom. The molecule has 0 radical (unpaired) electrons. The highest BCUT2D eigenvalue weighted by Gasteiger charge is 2.21. The summed E-state index contributed by atoms with van der Waals surface area (Å²) in [6, 6.07) is 9.16. The number of carbonyl (C=O) groups excluding carboxylic acids is 2. The van der Waals surface area contributed by atoms with E-state index in [4.69, 9.17) is 5.73 Å². The number of aromatic nitrogens is 1. The molecule has 138 valence electrons. The number of aromatic amines is 1. The van der Waals surface area contributed by atoms with E-state index in [0.29, 0.717) is 4.90 Å². The van der Waals surface area contributed by atoms with Crippen molar-refractivity contribution >= 4 is 39.0 Å². The third-order valence-corrected chi connectivity index (χ3v) is 6.21. The number of H-pyrrole nitrogens is 1. The van der Waals surface area contributed by atoms with Crippen molar-refractivity contribution in [2.45, 2.75) is 9.10 Å². The zero-order valence-electron chi connectivity index (χ0n) is 13.5. The van der Waals surface area contributed by atoms with Crippen LogP contribution in [0.1, 0.15) is 20.7 Å². The molecule has 1 unspecified atom stereocenters. The van der Waals surface area contributed by atoms with Crippen molar-refractivity contribution in [3.05, 3.63) is 76.0 Å². The lowest BCUT2D eigenvalue weighted by atomic mass is 10.2. The van der Waals surface area contributed by atoms with Crippen LogP contribution in [0, 0.1) is 5.82 Å². The lowest BCUT2D eigenvalue weighted by Crippen LogP contribution is -2.23. The van der Waals surface area contributed by atoms with Gasteiger partial charge in [-0.2, -0.15) is 0 Å². The highest BCUT2D eigenvalue weighted by Crippen LogP contribution is 2.32. The molecule has 10 heteroatoms. The van der Waals surface area contributed by atoms with Crippen molar-refractivity contribution in [3.8, 4) is 0 Å². The Labute approximate surface area is 158 Å². The number of rotatable bonds is 5. The molecular formula is C17H12FN3O4S2. The zero-order valence-corrected chi connectivity index (χ0v) is 15.2. The van der Waals surface area contributed by atoms with Gasteiger partial charge in [-0.25, -0.2) is 8.60 Å². The number of anilines is 1. The fraction of sp³-hybridized carbons (Fsp3) is 0. The summed E-state index contributed by atoms with van der Waals surface area (Å²) in [6.45, 7) is 0. The topological polar surface area (TPSA) is 122 Å². The number of thiophene rings is 1. The van der Waals surface area contributed by atoms with Crippen LogP contribution >= 0.6 is 11.3 Å². The van der Waals surface area contributed by atoms with Crippen LogP contribution in [0.2, 0.25) is 0 Å². The zero-order chi connectivity index (χ0) is 19.6. The first kappa shape index (κ1) is 18.7. The first-order valence-corrected chi connectivity index (χ1v) is 9.43. The van der Waals surface area contributed by atoms with E-state index >= 15 is 0 Å². The van der Waals surface area contributed by atoms with Crippen molar-refractivity contribution in [1.82, 2.24) is 4.98 Å². The maximum atomic E-state index is 13.0. The van der Waals surface area contributed by atoms with E-state index in [9.17, 15) is 23.0 Å². The Bertz CT molecular complexity index is 1110. The molecule has 2 heterocycles. The van der Waals surface area contributed by atoms with Crippen LogP contribution in [0.15, 0.2) is 62.6 Å². The largest absolute Gasteiger partial charge is 0.366 e. The second-order valence-corrected chi connectivity index (χ2v) is 8.02. The molecule has 3 rings (SSSR count). The van der Waals surface area contributed by atoms with Crippen molar-refractivity contribution in [3.63, 3.8) is 0 Å². The second kappa shape index (κ2) is 7.64. The van der Waals surface area contributed by atoms with E-state index < -0.39 is 34.0 Å². The Hall–Kier alpha value is -3.11. The molecule has 3 aromatic rings. The molecule has 1 aromatic carbocycles. The van der Waals surface area contributed by atoms with Crippen LogP contribution < -0.4 is 16.6 Å². The molecule has 27 heavy (non-hydrogen) atoms. The van der Waals surface area contributed by atoms with Crippen molar-refractivity contribution < 1.29 is 18.2 Å². The van der Waals surface area contributed by atoms with Gasteiger partial charge in [-0.1, -0.05) is 0 Å². The number of carbonyl (C=O) groups is 2. The van der Waals surface area contributed by atoms with E-state index in [1.165, 1.54) is 48.7 Å². The molecule has 0 aliphatic carbocycles. The number of amides is 2. The summed E-state index contributed by atoms with van der Waals surface area (Å²) in [7, 11) is -1.70. The summed E-state index contributed by atoms with van der Waals surface area (Å²) >= 11 is 0.885. The van der Waals surface area contributed by atoms with Gasteiger partial charge < -0.3 is 16.0 Å². The highest BCUT2D eigenvalue weighted by atomic mass is 32.2. The van der Waals surface area contributed by atoms with Gasteiger partial charge in [-0.15, -0.1) is 11.3 Å². The van der Waals surface area contributed by atoms with Gasteiger partial charge in [0.2, 0.25) is 0 Å². The van der Waals surface area contributed by atoms with E-state index in [-0.39, 0.29) is 20.3 Å². The van der Waals surface area contributed by atoms with Gasteiger partial charge in [0.1, 0.15) is 16.4 Å². The van der Waals surface area contributed by atoms with E-state index in [1.807, 2.05) is 0 Å². The molecule has 0 saturated heterocycles. The van der Waals surface area contributed by atoms with Gasteiger partial charge in [0.05, 0.1) is 20.6 Å². The lowest BCUT2D eigenvalue weighted by Gasteiger charge is -2.03. The minimum Gasteiger partial charge on any atom is -0.366 e. The van der Waals surface area contributed by atoms with Gasteiger partial charge >= 0.3 is 0 Å². The van der Waals surface area contributed by atoms with Gasteiger partial charge in [0.15, 0.2) is 0 Å². The van der Waals surface area contributed by atoms with Gasteiger partial charge in [-0.05, 0) is 42.5 Å². The maximum Gasteiger partial charge on any atom is 0.261 e. The van der Waals surface area contributed by atoms with Crippen LogP contribution in [0.4, 0.5) is 9.39 Å². The Morgan fingerprint density at radius 1 is 1.15 bits per heavy atom. The lowest BCUT2D eigenvalue weighted by molar-refractivity contribution is 0.100. The van der Waals surface area contributed by atoms with E-state index in [0.717, 1.165) is 11.3 Å². The smallest absolute Gasteiger partial charge is 0.261 e. The third kappa shape index (κ3) is 4.01. The Morgan fingerprint density at radius 2 is 1.85 bits per heavy atom. The number of hydrogen-bond acceptors (Lipinski definition) is 5. The van der Waals surface area contributed by atoms with Crippen molar-refractivity contribution in [2.24, 2.45) is 5.73 Å². The van der Waals surface area contributed by atoms with Crippen LogP contribution in [0.25, 0.3) is 0 Å². The summed E-state index contributed by atoms with van der Waals surface area (Å²) in [5, 5.41) is 2.52. The normalized spacial score (nSPS) is 11.7. The van der Waals surface area contributed by atoms with Crippen LogP contribution in [0.5, 0.6) is 0 Å². The number of primary amides is 1. The second-order valence-electron chi connectivity index (χ2n) is 5.26. The fourth-order valence-corrected chi connectivity index (χ4v) is 4.65. The third-order valence-electron chi connectivity index (χ3n) is 3.48. The van der Waals surface area contributed by atoms with Gasteiger partial charge in [-0.3, -0.25) is 14.4 Å². The summed E-state index contributed by atoms with van der Waals surface area (Å²) < 4.78 is 25.9. The predicted molar refractivity (Wildman–Crippen MR) is 98.9 cm³/mol. The molecule has 4 N–H and O–H groups in total. The molecule has 0 fully saturated rings. The highest BCUT2D eigenvalue weighted by molar-refractivity contribution is 7.87. The first-order valence-electron chi connectivity index (χ1n) is 7.47. The first-order chi connectivity index (χ1) is 12.9. The molecule has 0 bridgehead atoms. The van der Waals surface area contributed by atoms with Gasteiger partial charge in [0, 0.05) is 11.1 Å². The monoisotopic (exact) mass is 405 g/mol. The molecule has 0 spiro atoms. The average molecular weight is 405 g/mol. The minimum atomic E-state index is -1.70. The predicted octanol–water partition coefficient (Wildman–Crippen LogP) is 2.09. The quantitative estimate of drug-likeness (QED) is 0.602.